The first-order valence-corrected chi connectivity index (χ1v) is 6.60. The van der Waals surface area contributed by atoms with Gasteiger partial charge in [0.25, 0.3) is 5.91 Å². The molecule has 1 saturated heterocycles. The largest absolute Gasteiger partial charge is 0.476 e. The molecule has 1 unspecified atom stereocenters. The Balaban J connectivity index is 2.00. The molecular formula is C11H13N3O4S. The molecule has 0 radical (unpaired) electrons. The summed E-state index contributed by atoms with van der Waals surface area (Å²) in [7, 11) is 0. The first-order chi connectivity index (χ1) is 8.97. The van der Waals surface area contributed by atoms with E-state index in [1.54, 1.807) is 4.90 Å². The summed E-state index contributed by atoms with van der Waals surface area (Å²) in [6.45, 7) is 2.40. The van der Waals surface area contributed by atoms with Gasteiger partial charge in [0.2, 0.25) is 5.91 Å². The monoisotopic (exact) mass is 283 g/mol. The molecule has 1 aliphatic heterocycles. The van der Waals surface area contributed by atoms with Crippen LogP contribution in [0.15, 0.2) is 5.38 Å². The molecule has 1 aliphatic rings. The Kier molecular flexibility index (Phi) is 3.79. The summed E-state index contributed by atoms with van der Waals surface area (Å²) in [5.74, 6) is -1.56. The van der Waals surface area contributed by atoms with Gasteiger partial charge < -0.3 is 15.3 Å². The maximum Gasteiger partial charge on any atom is 0.355 e. The second-order valence-electron chi connectivity index (χ2n) is 4.28. The van der Waals surface area contributed by atoms with Crippen LogP contribution in [-0.2, 0) is 4.79 Å². The van der Waals surface area contributed by atoms with Crippen LogP contribution in [0, 0.1) is 0 Å². The highest BCUT2D eigenvalue weighted by atomic mass is 32.1. The molecule has 0 aromatic carbocycles. The van der Waals surface area contributed by atoms with E-state index in [0.29, 0.717) is 19.5 Å². The van der Waals surface area contributed by atoms with Gasteiger partial charge in [0.1, 0.15) is 0 Å². The average Bonchev–Trinajstić information content (AvgIpc) is 2.95. The zero-order chi connectivity index (χ0) is 14.0. The van der Waals surface area contributed by atoms with Crippen molar-refractivity contribution in [2.75, 3.05) is 13.1 Å². The molecular weight excluding hydrogens is 270 g/mol. The Labute approximate surface area is 113 Å². The minimum Gasteiger partial charge on any atom is -0.476 e. The van der Waals surface area contributed by atoms with E-state index >= 15 is 0 Å². The fourth-order valence-electron chi connectivity index (χ4n) is 1.96. The Morgan fingerprint density at radius 2 is 2.26 bits per heavy atom. The van der Waals surface area contributed by atoms with E-state index in [-0.39, 0.29) is 28.6 Å². The summed E-state index contributed by atoms with van der Waals surface area (Å²) in [4.78, 5) is 39.1. The lowest BCUT2D eigenvalue weighted by molar-refractivity contribution is -0.119. The van der Waals surface area contributed by atoms with Gasteiger partial charge in [-0.05, 0) is 6.42 Å². The van der Waals surface area contributed by atoms with E-state index in [4.69, 9.17) is 5.11 Å². The Bertz CT molecular complexity index is 528. The second kappa shape index (κ2) is 5.35. The first kappa shape index (κ1) is 13.5. The van der Waals surface area contributed by atoms with E-state index in [1.165, 1.54) is 12.3 Å². The standard InChI is InChI=1S/C11H13N3O4S/c1-6(15)12-7-2-3-14(4-7)10(16)9-13-8(5-19-9)11(17)18/h5,7H,2-4H2,1H3,(H,12,15)(H,17,18). The van der Waals surface area contributed by atoms with Crippen molar-refractivity contribution in [1.82, 2.24) is 15.2 Å². The predicted octanol–water partition coefficient (Wildman–Crippen LogP) is 0.192. The normalized spacial score (nSPS) is 18.4. The van der Waals surface area contributed by atoms with Crippen molar-refractivity contribution < 1.29 is 19.5 Å². The SMILES string of the molecule is CC(=O)NC1CCN(C(=O)c2nc(C(=O)O)cs2)C1. The van der Waals surface area contributed by atoms with Crippen LogP contribution in [0.2, 0.25) is 0 Å². The van der Waals surface area contributed by atoms with Crippen LogP contribution < -0.4 is 5.32 Å². The molecule has 0 aliphatic carbocycles. The Hall–Kier alpha value is -1.96. The smallest absolute Gasteiger partial charge is 0.355 e. The van der Waals surface area contributed by atoms with Gasteiger partial charge in [-0.1, -0.05) is 0 Å². The highest BCUT2D eigenvalue weighted by Crippen LogP contribution is 2.17. The van der Waals surface area contributed by atoms with Crippen molar-refractivity contribution in [1.29, 1.82) is 0 Å². The van der Waals surface area contributed by atoms with Crippen LogP contribution in [0.4, 0.5) is 0 Å². The van der Waals surface area contributed by atoms with Gasteiger partial charge in [-0.15, -0.1) is 11.3 Å². The maximum atomic E-state index is 12.1. The van der Waals surface area contributed by atoms with E-state index in [2.05, 4.69) is 10.3 Å². The lowest BCUT2D eigenvalue weighted by Crippen LogP contribution is -2.37. The molecule has 1 fully saturated rings. The fraction of sp³-hybridized carbons (Fsp3) is 0.455. The van der Waals surface area contributed by atoms with Gasteiger partial charge in [0.15, 0.2) is 10.7 Å². The van der Waals surface area contributed by atoms with Gasteiger partial charge in [-0.2, -0.15) is 0 Å². The molecule has 7 nitrogen and oxygen atoms in total. The number of carbonyl (C=O) groups is 3. The van der Waals surface area contributed by atoms with Crippen molar-refractivity contribution in [3.8, 4) is 0 Å². The predicted molar refractivity (Wildman–Crippen MR) is 67.2 cm³/mol. The number of carbonyl (C=O) groups excluding carboxylic acids is 2. The summed E-state index contributed by atoms with van der Waals surface area (Å²) < 4.78 is 0. The number of carboxylic acid groups (broad SMARTS) is 1. The molecule has 1 aromatic rings. The summed E-state index contributed by atoms with van der Waals surface area (Å²) in [6, 6.07) is -0.0413. The van der Waals surface area contributed by atoms with Crippen LogP contribution >= 0.6 is 11.3 Å². The molecule has 1 atom stereocenters. The molecule has 8 heteroatoms. The third-order valence-electron chi connectivity index (χ3n) is 2.79. The molecule has 19 heavy (non-hydrogen) atoms. The number of thiazole rings is 1. The van der Waals surface area contributed by atoms with Crippen molar-refractivity contribution >= 4 is 29.1 Å². The van der Waals surface area contributed by atoms with Crippen molar-refractivity contribution in [3.63, 3.8) is 0 Å². The van der Waals surface area contributed by atoms with E-state index in [1.807, 2.05) is 0 Å². The molecule has 102 valence electrons. The number of carboxylic acids is 1. The lowest BCUT2D eigenvalue weighted by atomic mass is 10.3. The van der Waals surface area contributed by atoms with Crippen LogP contribution in [0.3, 0.4) is 0 Å². The second-order valence-corrected chi connectivity index (χ2v) is 5.14. The van der Waals surface area contributed by atoms with Gasteiger partial charge in [-0.3, -0.25) is 9.59 Å². The van der Waals surface area contributed by atoms with E-state index in [0.717, 1.165) is 11.3 Å². The molecule has 2 heterocycles. The highest BCUT2D eigenvalue weighted by Gasteiger charge is 2.29. The summed E-state index contributed by atoms with van der Waals surface area (Å²) in [5, 5.41) is 13.0. The zero-order valence-electron chi connectivity index (χ0n) is 10.3. The number of nitrogens with one attached hydrogen (secondary N) is 1. The zero-order valence-corrected chi connectivity index (χ0v) is 11.1. The number of nitrogens with zero attached hydrogens (tertiary/aromatic N) is 2. The third kappa shape index (κ3) is 3.08. The van der Waals surface area contributed by atoms with Crippen LogP contribution in [0.25, 0.3) is 0 Å². The highest BCUT2D eigenvalue weighted by molar-refractivity contribution is 7.11. The summed E-state index contributed by atoms with van der Waals surface area (Å²) in [5.41, 5.74) is -0.119. The molecule has 2 amide bonds. The van der Waals surface area contributed by atoms with Crippen molar-refractivity contribution in [2.45, 2.75) is 19.4 Å². The minimum absolute atomic E-state index is 0.0413. The minimum atomic E-state index is -1.15. The summed E-state index contributed by atoms with van der Waals surface area (Å²) >= 11 is 1.02. The van der Waals surface area contributed by atoms with Gasteiger partial charge in [-0.25, -0.2) is 9.78 Å². The van der Waals surface area contributed by atoms with Crippen molar-refractivity contribution in [3.05, 3.63) is 16.1 Å². The van der Waals surface area contributed by atoms with Crippen LogP contribution in [0.1, 0.15) is 33.6 Å². The molecule has 0 spiro atoms. The van der Waals surface area contributed by atoms with Gasteiger partial charge in [0.05, 0.1) is 0 Å². The third-order valence-corrected chi connectivity index (χ3v) is 3.62. The maximum absolute atomic E-state index is 12.1. The number of aromatic nitrogens is 1. The quantitative estimate of drug-likeness (QED) is 0.825. The molecule has 2 rings (SSSR count). The molecule has 2 N–H and O–H groups in total. The van der Waals surface area contributed by atoms with Crippen LogP contribution in [-0.4, -0.2) is 51.9 Å². The fourth-order valence-corrected chi connectivity index (χ4v) is 2.71. The number of rotatable bonds is 3. The van der Waals surface area contributed by atoms with Crippen LogP contribution in [0.5, 0.6) is 0 Å². The number of aromatic carboxylic acids is 1. The Morgan fingerprint density at radius 3 is 2.84 bits per heavy atom. The topological polar surface area (TPSA) is 99.6 Å². The number of likely N-dealkylation sites (tertiary alicyclic amines) is 1. The molecule has 0 bridgehead atoms. The van der Waals surface area contributed by atoms with Gasteiger partial charge >= 0.3 is 5.97 Å². The van der Waals surface area contributed by atoms with Crippen molar-refractivity contribution in [2.24, 2.45) is 0 Å². The summed E-state index contributed by atoms with van der Waals surface area (Å²) in [6.07, 6.45) is 0.697. The lowest BCUT2D eigenvalue weighted by Gasteiger charge is -2.15. The van der Waals surface area contributed by atoms with E-state index in [9.17, 15) is 14.4 Å². The first-order valence-electron chi connectivity index (χ1n) is 5.72. The molecule has 0 saturated carbocycles. The number of hydrogen-bond donors (Lipinski definition) is 2. The average molecular weight is 283 g/mol. The van der Waals surface area contributed by atoms with Gasteiger partial charge in [0, 0.05) is 31.4 Å². The Morgan fingerprint density at radius 1 is 1.53 bits per heavy atom. The number of amides is 2. The number of hydrogen-bond acceptors (Lipinski definition) is 5. The molecule has 1 aromatic heterocycles. The van der Waals surface area contributed by atoms with E-state index < -0.39 is 5.97 Å².